The minimum Gasteiger partial charge on any atom is -0.260 e. The van der Waals surface area contributed by atoms with Gasteiger partial charge in [0.25, 0.3) is 0 Å². The molecule has 1 nitrogen and oxygen atoms in total. The smallest absolute Gasteiger partial charge is 0.0434 e. The molecule has 0 saturated heterocycles. The van der Waals surface area contributed by atoms with Gasteiger partial charge in [-0.3, -0.25) is 4.98 Å². The van der Waals surface area contributed by atoms with E-state index in [0.29, 0.717) is 5.92 Å². The van der Waals surface area contributed by atoms with Crippen LogP contribution in [0.15, 0.2) is 42.6 Å². The molecule has 2 aromatic rings. The summed E-state index contributed by atoms with van der Waals surface area (Å²) in [6.07, 6.45) is 12.8. The molecule has 3 rings (SSSR count). The highest BCUT2D eigenvalue weighted by molar-refractivity contribution is 5.62. The average Bonchev–Trinajstić information content (AvgIpc) is 2.67. The van der Waals surface area contributed by atoms with Gasteiger partial charge in [0.05, 0.1) is 0 Å². The van der Waals surface area contributed by atoms with Crippen LogP contribution in [0.3, 0.4) is 0 Å². The van der Waals surface area contributed by atoms with E-state index in [9.17, 15) is 0 Å². The van der Waals surface area contributed by atoms with Crippen molar-refractivity contribution in [1.29, 1.82) is 0 Å². The van der Waals surface area contributed by atoms with E-state index in [4.69, 9.17) is 4.98 Å². The molecule has 1 aliphatic rings. The Hall–Kier alpha value is -1.63. The minimum atomic E-state index is 0.680. The van der Waals surface area contributed by atoms with Crippen LogP contribution >= 0.6 is 0 Å². The molecule has 128 valence electrons. The molecule has 0 unspecified atom stereocenters. The van der Waals surface area contributed by atoms with Gasteiger partial charge in [-0.2, -0.15) is 0 Å². The van der Waals surface area contributed by atoms with E-state index in [1.807, 2.05) is 0 Å². The van der Waals surface area contributed by atoms with Gasteiger partial charge >= 0.3 is 0 Å². The number of nitrogens with zero attached hydrogens (tertiary/aromatic N) is 1. The van der Waals surface area contributed by atoms with Crippen molar-refractivity contribution in [3.63, 3.8) is 0 Å². The highest BCUT2D eigenvalue weighted by Gasteiger charge is 2.22. The fourth-order valence-electron chi connectivity index (χ4n) is 3.99. The lowest BCUT2D eigenvalue weighted by atomic mass is 9.78. The van der Waals surface area contributed by atoms with E-state index in [0.717, 1.165) is 12.3 Å². The normalized spacial score (nSPS) is 20.9. The van der Waals surface area contributed by atoms with Gasteiger partial charge in [-0.25, -0.2) is 0 Å². The van der Waals surface area contributed by atoms with Gasteiger partial charge in [-0.05, 0) is 55.2 Å². The van der Waals surface area contributed by atoms with Gasteiger partial charge in [-0.1, -0.05) is 63.4 Å². The number of benzene rings is 1. The van der Waals surface area contributed by atoms with E-state index in [-0.39, 0.29) is 0 Å². The van der Waals surface area contributed by atoms with E-state index >= 15 is 0 Å². The number of hydrogen-bond donors (Lipinski definition) is 0. The van der Waals surface area contributed by atoms with Crippen molar-refractivity contribution in [3.8, 4) is 11.1 Å². The van der Waals surface area contributed by atoms with Crippen LogP contribution in [0.5, 0.6) is 0 Å². The fraction of sp³-hybridized carbons (Fsp3) is 0.522. The third-order valence-corrected chi connectivity index (χ3v) is 5.71. The molecule has 24 heavy (non-hydrogen) atoms. The summed E-state index contributed by atoms with van der Waals surface area (Å²) in [6, 6.07) is 13.4. The maximum Gasteiger partial charge on any atom is 0.0434 e. The second kappa shape index (κ2) is 8.46. The maximum atomic E-state index is 4.81. The number of rotatable bonds is 6. The van der Waals surface area contributed by atoms with Crippen molar-refractivity contribution in [1.82, 2.24) is 4.98 Å². The number of aromatic nitrogens is 1. The first-order valence-corrected chi connectivity index (χ1v) is 9.85. The SMILES string of the molecule is CCCCC1CCC(c2ccc(-c3ccc(CC)cc3)cn2)CC1. The Labute approximate surface area is 147 Å². The molecule has 1 aromatic heterocycles. The highest BCUT2D eigenvalue weighted by Crippen LogP contribution is 2.37. The Bertz CT molecular complexity index is 603. The van der Waals surface area contributed by atoms with Crippen LogP contribution in [0, 0.1) is 5.92 Å². The highest BCUT2D eigenvalue weighted by atomic mass is 14.7. The van der Waals surface area contributed by atoms with Crippen molar-refractivity contribution < 1.29 is 0 Å². The van der Waals surface area contributed by atoms with E-state index in [1.54, 1.807) is 0 Å². The Kier molecular flexibility index (Phi) is 6.07. The summed E-state index contributed by atoms with van der Waals surface area (Å²) in [5, 5.41) is 0. The molecule has 1 heterocycles. The van der Waals surface area contributed by atoms with Crippen LogP contribution in [-0.4, -0.2) is 4.98 Å². The van der Waals surface area contributed by atoms with Crippen LogP contribution in [0.4, 0.5) is 0 Å². The van der Waals surface area contributed by atoms with Crippen LogP contribution in [0.2, 0.25) is 0 Å². The molecular formula is C23H31N. The summed E-state index contributed by atoms with van der Waals surface area (Å²) in [7, 11) is 0. The van der Waals surface area contributed by atoms with Gasteiger partial charge in [0.2, 0.25) is 0 Å². The number of unbranched alkanes of at least 4 members (excludes halogenated alkanes) is 1. The zero-order valence-electron chi connectivity index (χ0n) is 15.3. The van der Waals surface area contributed by atoms with Gasteiger partial charge in [-0.15, -0.1) is 0 Å². The minimum absolute atomic E-state index is 0.680. The van der Waals surface area contributed by atoms with Crippen molar-refractivity contribution in [2.75, 3.05) is 0 Å². The first-order chi connectivity index (χ1) is 11.8. The predicted molar refractivity (Wildman–Crippen MR) is 103 cm³/mol. The molecule has 1 aliphatic carbocycles. The standard InChI is InChI=1S/C23H31N/c1-3-5-6-19-9-13-21(14-10-19)23-16-15-22(17-24-23)20-11-7-18(4-2)8-12-20/h7-8,11-12,15-17,19,21H,3-6,9-10,13-14H2,1-2H3. The Morgan fingerprint density at radius 1 is 0.875 bits per heavy atom. The predicted octanol–water partition coefficient (Wildman–Crippen LogP) is 6.78. The third kappa shape index (κ3) is 4.26. The van der Waals surface area contributed by atoms with Crippen LogP contribution < -0.4 is 0 Å². The molecule has 1 aromatic carbocycles. The summed E-state index contributed by atoms with van der Waals surface area (Å²) in [4.78, 5) is 4.81. The zero-order chi connectivity index (χ0) is 16.8. The fourth-order valence-corrected chi connectivity index (χ4v) is 3.99. The first-order valence-electron chi connectivity index (χ1n) is 9.85. The maximum absolute atomic E-state index is 4.81. The largest absolute Gasteiger partial charge is 0.260 e. The van der Waals surface area contributed by atoms with E-state index in [1.165, 1.54) is 67.3 Å². The molecule has 0 amide bonds. The second-order valence-corrected chi connectivity index (χ2v) is 7.38. The van der Waals surface area contributed by atoms with Crippen molar-refractivity contribution in [2.45, 2.75) is 71.1 Å². The molecule has 0 atom stereocenters. The second-order valence-electron chi connectivity index (χ2n) is 7.38. The number of pyridine rings is 1. The summed E-state index contributed by atoms with van der Waals surface area (Å²) < 4.78 is 0. The lowest BCUT2D eigenvalue weighted by Gasteiger charge is -2.28. The Balaban J connectivity index is 1.60. The quantitative estimate of drug-likeness (QED) is 0.571. The van der Waals surface area contributed by atoms with Gasteiger partial charge < -0.3 is 0 Å². The van der Waals surface area contributed by atoms with Crippen molar-refractivity contribution in [3.05, 3.63) is 53.9 Å². The molecule has 0 radical (unpaired) electrons. The summed E-state index contributed by atoms with van der Waals surface area (Å²) in [5.41, 5.74) is 5.20. The van der Waals surface area contributed by atoms with Gasteiger partial charge in [0.1, 0.15) is 0 Å². The van der Waals surface area contributed by atoms with E-state index in [2.05, 4.69) is 56.4 Å². The molecule has 1 heteroatoms. The number of hydrogen-bond acceptors (Lipinski definition) is 1. The Morgan fingerprint density at radius 2 is 1.58 bits per heavy atom. The molecule has 1 saturated carbocycles. The monoisotopic (exact) mass is 321 g/mol. The summed E-state index contributed by atoms with van der Waals surface area (Å²) in [5.74, 6) is 1.65. The molecule has 0 bridgehead atoms. The third-order valence-electron chi connectivity index (χ3n) is 5.71. The molecule has 0 spiro atoms. The zero-order valence-corrected chi connectivity index (χ0v) is 15.3. The van der Waals surface area contributed by atoms with Crippen LogP contribution in [0.25, 0.3) is 11.1 Å². The first kappa shape index (κ1) is 17.2. The topological polar surface area (TPSA) is 12.9 Å². The van der Waals surface area contributed by atoms with E-state index < -0.39 is 0 Å². The number of aryl methyl sites for hydroxylation is 1. The molecular weight excluding hydrogens is 290 g/mol. The summed E-state index contributed by atoms with van der Waals surface area (Å²) >= 11 is 0. The molecule has 0 aliphatic heterocycles. The lowest BCUT2D eigenvalue weighted by Crippen LogP contribution is -2.14. The average molecular weight is 322 g/mol. The summed E-state index contributed by atoms with van der Waals surface area (Å²) in [6.45, 7) is 4.50. The van der Waals surface area contributed by atoms with Crippen LogP contribution in [-0.2, 0) is 6.42 Å². The molecule has 0 N–H and O–H groups in total. The van der Waals surface area contributed by atoms with Crippen molar-refractivity contribution in [2.24, 2.45) is 5.92 Å². The van der Waals surface area contributed by atoms with Gasteiger partial charge in [0.15, 0.2) is 0 Å². The lowest BCUT2D eigenvalue weighted by molar-refractivity contribution is 0.301. The van der Waals surface area contributed by atoms with Crippen molar-refractivity contribution >= 4 is 0 Å². The van der Waals surface area contributed by atoms with Gasteiger partial charge in [0, 0.05) is 23.4 Å². The Morgan fingerprint density at radius 3 is 2.17 bits per heavy atom. The molecule has 1 fully saturated rings. The van der Waals surface area contributed by atoms with Crippen LogP contribution in [0.1, 0.15) is 76.0 Å².